The van der Waals surface area contributed by atoms with Crippen molar-refractivity contribution in [2.45, 2.75) is 6.61 Å². The van der Waals surface area contributed by atoms with Crippen molar-refractivity contribution in [2.24, 2.45) is 0 Å². The van der Waals surface area contributed by atoms with Gasteiger partial charge in [-0.3, -0.25) is 0 Å². The van der Waals surface area contributed by atoms with Gasteiger partial charge in [0.15, 0.2) is 0 Å². The van der Waals surface area contributed by atoms with Crippen LogP contribution in [0.5, 0.6) is 5.75 Å². The van der Waals surface area contributed by atoms with Crippen LogP contribution in [-0.2, 0) is 6.61 Å². The summed E-state index contributed by atoms with van der Waals surface area (Å²) in [5, 5.41) is 9.29. The molecule has 0 aliphatic rings. The maximum absolute atomic E-state index is 8.72. The van der Waals surface area contributed by atoms with Gasteiger partial charge in [-0.15, -0.1) is 0 Å². The SMILES string of the molecule is N#Cc1cc(COc2ccccc2Cl)ccn1. The normalized spacial score (nSPS) is 9.65. The first-order chi connectivity index (χ1) is 8.29. The van der Waals surface area contributed by atoms with Crippen molar-refractivity contribution in [3.63, 3.8) is 0 Å². The van der Waals surface area contributed by atoms with Crippen LogP contribution in [0.3, 0.4) is 0 Å². The van der Waals surface area contributed by atoms with Gasteiger partial charge in [0, 0.05) is 6.20 Å². The zero-order valence-electron chi connectivity index (χ0n) is 8.93. The minimum Gasteiger partial charge on any atom is -0.487 e. The fraction of sp³-hybridized carbons (Fsp3) is 0.0769. The molecule has 0 N–H and O–H groups in total. The number of rotatable bonds is 3. The van der Waals surface area contributed by atoms with Gasteiger partial charge in [0.05, 0.1) is 5.02 Å². The van der Waals surface area contributed by atoms with Gasteiger partial charge in [0.25, 0.3) is 0 Å². The molecule has 0 radical (unpaired) electrons. The molecule has 1 aromatic carbocycles. The standard InChI is InChI=1S/C13H9ClN2O/c14-12-3-1-2-4-13(12)17-9-10-5-6-16-11(7-10)8-15/h1-7H,9H2. The van der Waals surface area contributed by atoms with Gasteiger partial charge in [-0.25, -0.2) is 4.98 Å². The number of para-hydroxylation sites is 1. The van der Waals surface area contributed by atoms with E-state index in [1.165, 1.54) is 0 Å². The summed E-state index contributed by atoms with van der Waals surface area (Å²) in [6, 6.07) is 12.7. The second kappa shape index (κ2) is 5.33. The minimum absolute atomic E-state index is 0.362. The smallest absolute Gasteiger partial charge is 0.140 e. The third-order valence-corrected chi connectivity index (χ3v) is 2.48. The molecule has 0 saturated carbocycles. The van der Waals surface area contributed by atoms with E-state index in [4.69, 9.17) is 21.6 Å². The molecule has 2 aromatic rings. The van der Waals surface area contributed by atoms with Gasteiger partial charge in [0.1, 0.15) is 24.1 Å². The largest absolute Gasteiger partial charge is 0.487 e. The van der Waals surface area contributed by atoms with Gasteiger partial charge in [0.2, 0.25) is 0 Å². The van der Waals surface area contributed by atoms with Crippen LogP contribution in [0.1, 0.15) is 11.3 Å². The van der Waals surface area contributed by atoms with Gasteiger partial charge < -0.3 is 4.74 Å². The summed E-state index contributed by atoms with van der Waals surface area (Å²) in [5.41, 5.74) is 1.27. The molecule has 84 valence electrons. The Hall–Kier alpha value is -2.05. The van der Waals surface area contributed by atoms with Crippen molar-refractivity contribution in [1.29, 1.82) is 5.26 Å². The molecule has 1 heterocycles. The monoisotopic (exact) mass is 244 g/mol. The Labute approximate surface area is 104 Å². The fourth-order valence-electron chi connectivity index (χ4n) is 1.35. The lowest BCUT2D eigenvalue weighted by molar-refractivity contribution is 0.306. The van der Waals surface area contributed by atoms with E-state index < -0.39 is 0 Å². The van der Waals surface area contributed by atoms with Crippen molar-refractivity contribution in [2.75, 3.05) is 0 Å². The Morgan fingerprint density at radius 2 is 2.12 bits per heavy atom. The van der Waals surface area contributed by atoms with Crippen molar-refractivity contribution in [3.8, 4) is 11.8 Å². The Morgan fingerprint density at radius 3 is 2.88 bits per heavy atom. The Morgan fingerprint density at radius 1 is 1.29 bits per heavy atom. The molecule has 0 fully saturated rings. The maximum Gasteiger partial charge on any atom is 0.140 e. The highest BCUT2D eigenvalue weighted by Gasteiger charge is 2.01. The highest BCUT2D eigenvalue weighted by molar-refractivity contribution is 6.32. The summed E-state index contributed by atoms with van der Waals surface area (Å²) in [6.45, 7) is 0.362. The third-order valence-electron chi connectivity index (χ3n) is 2.17. The third kappa shape index (κ3) is 2.96. The van der Waals surface area contributed by atoms with Gasteiger partial charge in [-0.05, 0) is 29.8 Å². The van der Waals surface area contributed by atoms with Crippen LogP contribution in [0.2, 0.25) is 5.02 Å². The lowest BCUT2D eigenvalue weighted by atomic mass is 10.2. The van der Waals surface area contributed by atoms with Crippen LogP contribution in [0, 0.1) is 11.3 Å². The first-order valence-corrected chi connectivity index (χ1v) is 5.40. The molecular weight excluding hydrogens is 236 g/mol. The van der Waals surface area contributed by atoms with Crippen molar-refractivity contribution >= 4 is 11.6 Å². The molecule has 0 atom stereocenters. The number of benzene rings is 1. The second-order valence-corrected chi connectivity index (χ2v) is 3.79. The van der Waals surface area contributed by atoms with Crippen LogP contribution < -0.4 is 4.74 Å². The topological polar surface area (TPSA) is 45.9 Å². The van der Waals surface area contributed by atoms with E-state index in [1.807, 2.05) is 18.2 Å². The fourth-order valence-corrected chi connectivity index (χ4v) is 1.54. The van der Waals surface area contributed by atoms with Gasteiger partial charge in [-0.1, -0.05) is 23.7 Å². The van der Waals surface area contributed by atoms with Crippen LogP contribution >= 0.6 is 11.6 Å². The molecular formula is C13H9ClN2O. The van der Waals surface area contributed by atoms with Gasteiger partial charge >= 0.3 is 0 Å². The molecule has 0 unspecified atom stereocenters. The lowest BCUT2D eigenvalue weighted by Crippen LogP contribution is -1.97. The maximum atomic E-state index is 8.72. The zero-order chi connectivity index (χ0) is 12.1. The first kappa shape index (κ1) is 11.4. The number of halogens is 1. The highest BCUT2D eigenvalue weighted by Crippen LogP contribution is 2.23. The summed E-state index contributed by atoms with van der Waals surface area (Å²) < 4.78 is 5.55. The molecule has 0 aliphatic heterocycles. The van der Waals surface area contributed by atoms with Crippen molar-refractivity contribution < 1.29 is 4.74 Å². The molecule has 3 nitrogen and oxygen atoms in total. The molecule has 1 aromatic heterocycles. The number of pyridine rings is 1. The number of aromatic nitrogens is 1. The molecule has 0 saturated heterocycles. The Balaban J connectivity index is 2.08. The number of nitrogens with zero attached hydrogens (tertiary/aromatic N) is 2. The van der Waals surface area contributed by atoms with Gasteiger partial charge in [-0.2, -0.15) is 5.26 Å². The molecule has 0 spiro atoms. The minimum atomic E-state index is 0.362. The quantitative estimate of drug-likeness (QED) is 0.833. The van der Waals surface area contributed by atoms with Crippen LogP contribution in [-0.4, -0.2) is 4.98 Å². The number of ether oxygens (including phenoxy) is 1. The average molecular weight is 245 g/mol. The molecule has 0 bridgehead atoms. The molecule has 17 heavy (non-hydrogen) atoms. The van der Waals surface area contributed by atoms with Crippen LogP contribution in [0.25, 0.3) is 0 Å². The van der Waals surface area contributed by atoms with Crippen molar-refractivity contribution in [3.05, 3.63) is 58.9 Å². The van der Waals surface area contributed by atoms with E-state index in [0.29, 0.717) is 23.1 Å². The molecule has 4 heteroatoms. The van der Waals surface area contributed by atoms with E-state index in [1.54, 1.807) is 30.5 Å². The van der Waals surface area contributed by atoms with E-state index >= 15 is 0 Å². The predicted octanol–water partition coefficient (Wildman–Crippen LogP) is 3.19. The van der Waals surface area contributed by atoms with E-state index in [0.717, 1.165) is 5.56 Å². The van der Waals surface area contributed by atoms with E-state index in [9.17, 15) is 0 Å². The van der Waals surface area contributed by atoms with Crippen molar-refractivity contribution in [1.82, 2.24) is 4.98 Å². The second-order valence-electron chi connectivity index (χ2n) is 3.38. The van der Waals surface area contributed by atoms with E-state index in [2.05, 4.69) is 4.98 Å². The predicted molar refractivity (Wildman–Crippen MR) is 64.7 cm³/mol. The Kier molecular flexibility index (Phi) is 3.59. The number of hydrogen-bond donors (Lipinski definition) is 0. The van der Waals surface area contributed by atoms with Crippen LogP contribution in [0.15, 0.2) is 42.6 Å². The molecule has 0 amide bonds. The molecule has 0 aliphatic carbocycles. The lowest BCUT2D eigenvalue weighted by Gasteiger charge is -2.07. The average Bonchev–Trinajstić information content (AvgIpc) is 2.38. The van der Waals surface area contributed by atoms with E-state index in [-0.39, 0.29) is 0 Å². The summed E-state index contributed by atoms with van der Waals surface area (Å²) in [4.78, 5) is 3.89. The summed E-state index contributed by atoms with van der Waals surface area (Å²) in [6.07, 6.45) is 1.59. The summed E-state index contributed by atoms with van der Waals surface area (Å²) in [5.74, 6) is 0.629. The highest BCUT2D eigenvalue weighted by atomic mass is 35.5. The first-order valence-electron chi connectivity index (χ1n) is 5.02. The molecule has 2 rings (SSSR count). The van der Waals surface area contributed by atoms with Crippen LogP contribution in [0.4, 0.5) is 0 Å². The number of hydrogen-bond acceptors (Lipinski definition) is 3. The number of nitriles is 1. The Bertz CT molecular complexity index is 563. The summed E-state index contributed by atoms with van der Waals surface area (Å²) >= 11 is 5.96. The summed E-state index contributed by atoms with van der Waals surface area (Å²) in [7, 11) is 0. The zero-order valence-corrected chi connectivity index (χ0v) is 9.69.